The smallest absolute Gasteiger partial charge is 0.278 e. The molecule has 1 aliphatic carbocycles. The third-order valence-corrected chi connectivity index (χ3v) is 5.08. The van der Waals surface area contributed by atoms with Crippen molar-refractivity contribution >= 4 is 33.2 Å². The van der Waals surface area contributed by atoms with Crippen LogP contribution in [0.2, 0.25) is 0 Å². The maximum atomic E-state index is 14.3. The first-order valence-electron chi connectivity index (χ1n) is 9.32. The Balaban J connectivity index is 1.98. The summed E-state index contributed by atoms with van der Waals surface area (Å²) in [6.45, 7) is 3.56. The summed E-state index contributed by atoms with van der Waals surface area (Å²) < 4.78 is 16.4. The number of nitrogens with zero attached hydrogens (tertiary/aromatic N) is 1. The van der Waals surface area contributed by atoms with E-state index >= 15 is 0 Å². The molecule has 0 saturated heterocycles. The highest BCUT2D eigenvalue weighted by molar-refractivity contribution is 9.10. The molecule has 0 bridgehead atoms. The van der Waals surface area contributed by atoms with Gasteiger partial charge in [-0.25, -0.2) is 9.87 Å². The lowest BCUT2D eigenvalue weighted by Gasteiger charge is -2.18. The number of hydrogen-bond donors (Lipinski definition) is 3. The number of aliphatic hydroxyl groups is 1. The molecule has 1 aromatic heterocycles. The number of benzene rings is 1. The molecule has 1 aliphatic rings. The molecule has 1 amide bonds. The van der Waals surface area contributed by atoms with Crippen LogP contribution in [-0.2, 0) is 11.4 Å². The minimum atomic E-state index is -0.754. The van der Waals surface area contributed by atoms with Crippen molar-refractivity contribution in [3.63, 3.8) is 0 Å². The zero-order valence-electron chi connectivity index (χ0n) is 16.2. The first-order chi connectivity index (χ1) is 13.8. The minimum absolute atomic E-state index is 0.0868. The zero-order valence-corrected chi connectivity index (χ0v) is 17.8. The molecule has 29 heavy (non-hydrogen) atoms. The summed E-state index contributed by atoms with van der Waals surface area (Å²) in [7, 11) is 0. The van der Waals surface area contributed by atoms with Crippen LogP contribution in [0, 0.1) is 18.7 Å². The van der Waals surface area contributed by atoms with Gasteiger partial charge < -0.3 is 15.0 Å². The molecule has 1 aromatic carbocycles. The van der Waals surface area contributed by atoms with Crippen molar-refractivity contribution in [2.75, 3.05) is 11.9 Å². The second-order valence-electron chi connectivity index (χ2n) is 7.28. The summed E-state index contributed by atoms with van der Waals surface area (Å²) in [5, 5.41) is 12.2. The molecule has 156 valence electrons. The monoisotopic (exact) mass is 467 g/mol. The SMILES string of the molecule is Cc1c(Nc2ccc(Br)cc2F)c(C(=O)NOCC(C)O)cn(CC2CC2)c1=O. The van der Waals surface area contributed by atoms with Gasteiger partial charge in [-0.2, -0.15) is 0 Å². The van der Waals surface area contributed by atoms with Crippen molar-refractivity contribution in [3.05, 3.63) is 56.2 Å². The van der Waals surface area contributed by atoms with Crippen molar-refractivity contribution in [3.8, 4) is 0 Å². The van der Waals surface area contributed by atoms with Crippen molar-refractivity contribution in [1.29, 1.82) is 0 Å². The van der Waals surface area contributed by atoms with Crippen LogP contribution >= 0.6 is 15.9 Å². The summed E-state index contributed by atoms with van der Waals surface area (Å²) in [5.41, 5.74) is 2.82. The Bertz CT molecular complexity index is 973. The molecule has 1 atom stereocenters. The summed E-state index contributed by atoms with van der Waals surface area (Å²) in [6.07, 6.45) is 2.81. The molecule has 0 spiro atoms. The van der Waals surface area contributed by atoms with Gasteiger partial charge in [0.15, 0.2) is 0 Å². The fourth-order valence-corrected chi connectivity index (χ4v) is 3.19. The molecule has 1 saturated carbocycles. The lowest BCUT2D eigenvalue weighted by atomic mass is 10.1. The van der Waals surface area contributed by atoms with Crippen LogP contribution in [0.15, 0.2) is 33.7 Å². The lowest BCUT2D eigenvalue weighted by Crippen LogP contribution is -2.31. The van der Waals surface area contributed by atoms with Crippen LogP contribution in [0.4, 0.5) is 15.8 Å². The van der Waals surface area contributed by atoms with E-state index in [-0.39, 0.29) is 29.1 Å². The highest BCUT2D eigenvalue weighted by Crippen LogP contribution is 2.31. The number of amides is 1. The van der Waals surface area contributed by atoms with E-state index in [2.05, 4.69) is 26.7 Å². The van der Waals surface area contributed by atoms with Crippen LogP contribution in [0.25, 0.3) is 0 Å². The Morgan fingerprint density at radius 3 is 2.79 bits per heavy atom. The number of hydroxylamine groups is 1. The first-order valence-corrected chi connectivity index (χ1v) is 10.1. The molecular formula is C20H23BrFN3O4. The average molecular weight is 468 g/mol. The molecule has 0 radical (unpaired) electrons. The maximum absolute atomic E-state index is 14.3. The maximum Gasteiger partial charge on any atom is 0.278 e. The molecule has 7 nitrogen and oxygen atoms in total. The number of carbonyl (C=O) groups excluding carboxylic acids is 1. The number of aromatic nitrogens is 1. The molecule has 1 fully saturated rings. The highest BCUT2D eigenvalue weighted by atomic mass is 79.9. The van der Waals surface area contributed by atoms with E-state index in [1.165, 1.54) is 29.8 Å². The van der Waals surface area contributed by atoms with Gasteiger partial charge in [0.1, 0.15) is 12.4 Å². The zero-order chi connectivity index (χ0) is 21.1. The Kier molecular flexibility index (Phi) is 6.71. The number of carbonyl (C=O) groups is 1. The normalized spacial score (nSPS) is 14.5. The van der Waals surface area contributed by atoms with Crippen LogP contribution < -0.4 is 16.4 Å². The molecule has 1 heterocycles. The van der Waals surface area contributed by atoms with Gasteiger partial charge in [-0.3, -0.25) is 14.4 Å². The minimum Gasteiger partial charge on any atom is -0.391 e. The molecule has 1 unspecified atom stereocenters. The number of hydrogen-bond acceptors (Lipinski definition) is 5. The van der Waals surface area contributed by atoms with Crippen molar-refractivity contribution in [2.45, 2.75) is 39.3 Å². The van der Waals surface area contributed by atoms with Gasteiger partial charge >= 0.3 is 0 Å². The Hall–Kier alpha value is -2.23. The van der Waals surface area contributed by atoms with Gasteiger partial charge in [0.2, 0.25) is 0 Å². The first kappa shape index (κ1) is 21.5. The Morgan fingerprint density at radius 2 is 2.17 bits per heavy atom. The number of anilines is 2. The average Bonchev–Trinajstić information content (AvgIpc) is 3.46. The van der Waals surface area contributed by atoms with Gasteiger partial charge in [0.05, 0.1) is 23.0 Å². The van der Waals surface area contributed by atoms with Gasteiger partial charge in [0.25, 0.3) is 11.5 Å². The third kappa shape index (κ3) is 5.43. The Morgan fingerprint density at radius 1 is 1.45 bits per heavy atom. The molecule has 3 rings (SSSR count). The van der Waals surface area contributed by atoms with Crippen LogP contribution in [-0.4, -0.2) is 28.3 Å². The van der Waals surface area contributed by atoms with E-state index in [0.29, 0.717) is 22.5 Å². The number of aliphatic hydroxyl groups excluding tert-OH is 1. The summed E-state index contributed by atoms with van der Waals surface area (Å²) in [5.74, 6) is -0.701. The van der Waals surface area contributed by atoms with Crippen molar-refractivity contribution < 1.29 is 19.1 Å². The summed E-state index contributed by atoms with van der Waals surface area (Å²) >= 11 is 3.20. The van der Waals surface area contributed by atoms with Gasteiger partial charge in [-0.05, 0) is 50.8 Å². The molecule has 9 heteroatoms. The van der Waals surface area contributed by atoms with Gasteiger partial charge in [0, 0.05) is 22.8 Å². The van der Waals surface area contributed by atoms with E-state index < -0.39 is 17.8 Å². The molecule has 3 N–H and O–H groups in total. The fraction of sp³-hybridized carbons (Fsp3) is 0.400. The van der Waals surface area contributed by atoms with Crippen molar-refractivity contribution in [1.82, 2.24) is 10.0 Å². The largest absolute Gasteiger partial charge is 0.391 e. The third-order valence-electron chi connectivity index (χ3n) is 4.59. The fourth-order valence-electron chi connectivity index (χ4n) is 2.86. The quantitative estimate of drug-likeness (QED) is 0.518. The second kappa shape index (κ2) is 9.06. The van der Waals surface area contributed by atoms with E-state index in [1.54, 1.807) is 13.0 Å². The van der Waals surface area contributed by atoms with Crippen LogP contribution in [0.3, 0.4) is 0 Å². The van der Waals surface area contributed by atoms with Gasteiger partial charge in [-0.1, -0.05) is 15.9 Å². The van der Waals surface area contributed by atoms with E-state index in [0.717, 1.165) is 12.8 Å². The van der Waals surface area contributed by atoms with Crippen LogP contribution in [0.1, 0.15) is 35.7 Å². The molecule has 2 aromatic rings. The predicted molar refractivity (Wildman–Crippen MR) is 111 cm³/mol. The van der Waals surface area contributed by atoms with E-state index in [1.807, 2.05) is 0 Å². The second-order valence-corrected chi connectivity index (χ2v) is 8.20. The molecular weight excluding hydrogens is 445 g/mol. The number of halogens is 2. The topological polar surface area (TPSA) is 92.6 Å². The highest BCUT2D eigenvalue weighted by Gasteiger charge is 2.25. The number of rotatable bonds is 8. The lowest BCUT2D eigenvalue weighted by molar-refractivity contribution is -0.00686. The predicted octanol–water partition coefficient (Wildman–Crippen LogP) is 3.25. The standard InChI is InChI=1S/C20H23BrFN3O4/c1-11(26)10-29-24-19(27)15-9-25(8-13-3-4-13)20(28)12(2)18(15)23-17-6-5-14(21)7-16(17)22/h5-7,9,11,13,23,26H,3-4,8,10H2,1-2H3,(H,24,27). The summed E-state index contributed by atoms with van der Waals surface area (Å²) in [6, 6.07) is 4.46. The van der Waals surface area contributed by atoms with E-state index in [4.69, 9.17) is 4.84 Å². The van der Waals surface area contributed by atoms with E-state index in [9.17, 15) is 19.1 Å². The number of nitrogens with one attached hydrogen (secondary N) is 2. The van der Waals surface area contributed by atoms with Gasteiger partial charge in [-0.15, -0.1) is 0 Å². The Labute approximate surface area is 176 Å². The molecule has 0 aliphatic heterocycles. The number of pyridine rings is 1. The van der Waals surface area contributed by atoms with Crippen molar-refractivity contribution in [2.24, 2.45) is 5.92 Å². The van der Waals surface area contributed by atoms with Crippen LogP contribution in [0.5, 0.6) is 0 Å². The summed E-state index contributed by atoms with van der Waals surface area (Å²) in [4.78, 5) is 30.5.